The molecule has 0 aromatic heterocycles. The summed E-state index contributed by atoms with van der Waals surface area (Å²) in [5, 5.41) is 0.566. The first-order valence-electron chi connectivity index (χ1n) is 6.24. The molecule has 2 aromatic carbocycles. The van der Waals surface area contributed by atoms with Crippen LogP contribution in [0, 0.1) is 0 Å². The first-order chi connectivity index (χ1) is 9.61. The number of Topliss-reactive ketones (excluding diaryl/α,β-unsaturated/α-hetero) is 1. The molecular weight excluding hydrogens is 274 g/mol. The van der Waals surface area contributed by atoms with E-state index in [1.54, 1.807) is 31.4 Å². The zero-order chi connectivity index (χ0) is 14.5. The van der Waals surface area contributed by atoms with Crippen LogP contribution < -0.4 is 9.64 Å². The van der Waals surface area contributed by atoms with Gasteiger partial charge in [-0.25, -0.2) is 0 Å². The summed E-state index contributed by atoms with van der Waals surface area (Å²) < 4.78 is 5.30. The average Bonchev–Trinajstić information content (AvgIpc) is 2.47. The molecule has 3 nitrogen and oxygen atoms in total. The van der Waals surface area contributed by atoms with E-state index >= 15 is 0 Å². The number of ether oxygens (including phenoxy) is 1. The standard InChI is InChI=1S/C16H16ClNO2/c1-18(14-8-3-4-9-16(14)20-2)11-15(19)12-6-5-7-13(17)10-12/h3-10H,11H2,1-2H3. The SMILES string of the molecule is COc1ccccc1N(C)CC(=O)c1cccc(Cl)c1. The van der Waals surface area contributed by atoms with Crippen molar-refractivity contribution < 1.29 is 9.53 Å². The molecule has 0 N–H and O–H groups in total. The van der Waals surface area contributed by atoms with Crippen LogP contribution in [0.5, 0.6) is 5.75 Å². The summed E-state index contributed by atoms with van der Waals surface area (Å²) >= 11 is 5.90. The molecule has 0 aliphatic rings. The molecule has 20 heavy (non-hydrogen) atoms. The summed E-state index contributed by atoms with van der Waals surface area (Å²) in [5.74, 6) is 0.759. The van der Waals surface area contributed by atoms with E-state index < -0.39 is 0 Å². The van der Waals surface area contributed by atoms with Gasteiger partial charge in [-0.15, -0.1) is 0 Å². The van der Waals surface area contributed by atoms with Crippen LogP contribution in [0.3, 0.4) is 0 Å². The number of methoxy groups -OCH3 is 1. The number of hydrogen-bond acceptors (Lipinski definition) is 3. The highest BCUT2D eigenvalue weighted by Crippen LogP contribution is 2.26. The Morgan fingerprint density at radius 3 is 2.65 bits per heavy atom. The number of carbonyl (C=O) groups is 1. The molecule has 0 amide bonds. The van der Waals surface area contributed by atoms with E-state index in [4.69, 9.17) is 16.3 Å². The molecule has 0 bridgehead atoms. The Balaban J connectivity index is 2.15. The van der Waals surface area contributed by atoms with Gasteiger partial charge in [0.25, 0.3) is 0 Å². The smallest absolute Gasteiger partial charge is 0.182 e. The Hall–Kier alpha value is -2.00. The van der Waals surface area contributed by atoms with Gasteiger partial charge in [0.05, 0.1) is 19.3 Å². The number of carbonyl (C=O) groups excluding carboxylic acids is 1. The zero-order valence-corrected chi connectivity index (χ0v) is 12.2. The molecule has 0 spiro atoms. The Bertz CT molecular complexity index is 613. The summed E-state index contributed by atoms with van der Waals surface area (Å²) in [4.78, 5) is 14.1. The van der Waals surface area contributed by atoms with Gasteiger partial charge in [0.2, 0.25) is 0 Å². The molecule has 2 aromatic rings. The third-order valence-corrected chi connectivity index (χ3v) is 3.26. The van der Waals surface area contributed by atoms with E-state index in [1.807, 2.05) is 36.2 Å². The minimum absolute atomic E-state index is 0.0147. The van der Waals surface area contributed by atoms with Gasteiger partial charge in [-0.2, -0.15) is 0 Å². The van der Waals surface area contributed by atoms with Gasteiger partial charge in [-0.05, 0) is 24.3 Å². The molecule has 0 aliphatic heterocycles. The van der Waals surface area contributed by atoms with Gasteiger partial charge >= 0.3 is 0 Å². The maximum Gasteiger partial charge on any atom is 0.182 e. The lowest BCUT2D eigenvalue weighted by molar-refractivity contribution is 0.100. The number of para-hydroxylation sites is 2. The lowest BCUT2D eigenvalue weighted by Gasteiger charge is -2.20. The van der Waals surface area contributed by atoms with Crippen molar-refractivity contribution in [2.75, 3.05) is 25.6 Å². The predicted molar refractivity (Wildman–Crippen MR) is 82.0 cm³/mol. The van der Waals surface area contributed by atoms with Gasteiger partial charge in [-0.1, -0.05) is 35.9 Å². The number of nitrogens with zero attached hydrogens (tertiary/aromatic N) is 1. The van der Waals surface area contributed by atoms with Crippen molar-refractivity contribution in [3.05, 3.63) is 59.1 Å². The first-order valence-corrected chi connectivity index (χ1v) is 6.62. The molecule has 2 rings (SSSR count). The second kappa shape index (κ2) is 6.44. The molecule has 0 fully saturated rings. The predicted octanol–water partition coefficient (Wildman–Crippen LogP) is 3.67. The van der Waals surface area contributed by atoms with Gasteiger partial charge in [0.15, 0.2) is 5.78 Å². The number of anilines is 1. The first kappa shape index (κ1) is 14.4. The number of halogens is 1. The van der Waals surface area contributed by atoms with Crippen molar-refractivity contribution in [2.24, 2.45) is 0 Å². The van der Waals surface area contributed by atoms with Crippen molar-refractivity contribution in [1.82, 2.24) is 0 Å². The van der Waals surface area contributed by atoms with Gasteiger partial charge in [-0.3, -0.25) is 4.79 Å². The topological polar surface area (TPSA) is 29.5 Å². The van der Waals surface area contributed by atoms with Crippen LogP contribution in [0.15, 0.2) is 48.5 Å². The van der Waals surface area contributed by atoms with Crippen LogP contribution >= 0.6 is 11.6 Å². The van der Waals surface area contributed by atoms with E-state index in [-0.39, 0.29) is 12.3 Å². The fourth-order valence-electron chi connectivity index (χ4n) is 2.00. The molecule has 0 radical (unpaired) electrons. The van der Waals surface area contributed by atoms with Gasteiger partial charge in [0.1, 0.15) is 5.75 Å². The second-order valence-corrected chi connectivity index (χ2v) is 4.90. The van der Waals surface area contributed by atoms with Crippen molar-refractivity contribution >= 4 is 23.1 Å². The third-order valence-electron chi connectivity index (χ3n) is 3.02. The van der Waals surface area contributed by atoms with Crippen LogP contribution in [0.2, 0.25) is 5.02 Å². The van der Waals surface area contributed by atoms with Gasteiger partial charge in [0, 0.05) is 17.6 Å². The number of rotatable bonds is 5. The monoisotopic (exact) mass is 289 g/mol. The molecule has 0 saturated carbocycles. The second-order valence-electron chi connectivity index (χ2n) is 4.46. The summed E-state index contributed by atoms with van der Waals surface area (Å²) in [7, 11) is 3.48. The van der Waals surface area contributed by atoms with Crippen molar-refractivity contribution in [2.45, 2.75) is 0 Å². The van der Waals surface area contributed by atoms with Crippen LogP contribution in [-0.4, -0.2) is 26.5 Å². The average molecular weight is 290 g/mol. The van der Waals surface area contributed by atoms with Crippen LogP contribution in [-0.2, 0) is 0 Å². The quantitative estimate of drug-likeness (QED) is 0.787. The lowest BCUT2D eigenvalue weighted by Crippen LogP contribution is -2.26. The van der Waals surface area contributed by atoms with E-state index in [1.165, 1.54) is 0 Å². The Morgan fingerprint density at radius 1 is 1.20 bits per heavy atom. The summed E-state index contributed by atoms with van der Waals surface area (Å²) in [6.45, 7) is 0.265. The number of hydrogen-bond donors (Lipinski definition) is 0. The van der Waals surface area contributed by atoms with Crippen LogP contribution in [0.4, 0.5) is 5.69 Å². The fourth-order valence-corrected chi connectivity index (χ4v) is 2.19. The number of ketones is 1. The highest BCUT2D eigenvalue weighted by Gasteiger charge is 2.13. The fraction of sp³-hybridized carbons (Fsp3) is 0.188. The number of likely N-dealkylation sites (N-methyl/N-ethyl adjacent to an activating group) is 1. The molecule has 0 saturated heterocycles. The molecular formula is C16H16ClNO2. The van der Waals surface area contributed by atoms with E-state index in [2.05, 4.69) is 0 Å². The summed E-state index contributed by atoms with van der Waals surface area (Å²) in [6.07, 6.45) is 0. The largest absolute Gasteiger partial charge is 0.495 e. The highest BCUT2D eigenvalue weighted by atomic mass is 35.5. The van der Waals surface area contributed by atoms with E-state index in [0.29, 0.717) is 10.6 Å². The van der Waals surface area contributed by atoms with Crippen molar-refractivity contribution in [1.29, 1.82) is 0 Å². The van der Waals surface area contributed by atoms with Gasteiger partial charge < -0.3 is 9.64 Å². The van der Waals surface area contributed by atoms with Crippen molar-refractivity contribution in [3.8, 4) is 5.75 Å². The van der Waals surface area contributed by atoms with E-state index in [9.17, 15) is 4.79 Å². The van der Waals surface area contributed by atoms with Crippen LogP contribution in [0.25, 0.3) is 0 Å². The molecule has 0 aliphatic carbocycles. The van der Waals surface area contributed by atoms with E-state index in [0.717, 1.165) is 11.4 Å². The maximum absolute atomic E-state index is 12.2. The minimum atomic E-state index is 0.0147. The number of benzene rings is 2. The highest BCUT2D eigenvalue weighted by molar-refractivity contribution is 6.31. The zero-order valence-electron chi connectivity index (χ0n) is 11.5. The Labute approximate surface area is 123 Å². The summed E-state index contributed by atoms with van der Waals surface area (Å²) in [6, 6.07) is 14.6. The third kappa shape index (κ3) is 3.31. The minimum Gasteiger partial charge on any atom is -0.495 e. The normalized spacial score (nSPS) is 10.2. The maximum atomic E-state index is 12.2. The molecule has 0 atom stereocenters. The van der Waals surface area contributed by atoms with Crippen molar-refractivity contribution in [3.63, 3.8) is 0 Å². The Kier molecular flexibility index (Phi) is 4.64. The molecule has 0 unspecified atom stereocenters. The molecule has 0 heterocycles. The Morgan fingerprint density at radius 2 is 1.95 bits per heavy atom. The van der Waals surface area contributed by atoms with Crippen LogP contribution in [0.1, 0.15) is 10.4 Å². The molecule has 4 heteroatoms. The summed E-state index contributed by atoms with van der Waals surface area (Å²) in [5.41, 5.74) is 1.49. The lowest BCUT2D eigenvalue weighted by atomic mass is 10.1. The molecule has 104 valence electrons.